The average molecular weight is 249 g/mol. The lowest BCUT2D eigenvalue weighted by Gasteiger charge is -2.31. The van der Waals surface area contributed by atoms with Gasteiger partial charge in [0.2, 0.25) is 0 Å². The van der Waals surface area contributed by atoms with Gasteiger partial charge in [-0.3, -0.25) is 4.90 Å². The van der Waals surface area contributed by atoms with E-state index in [2.05, 4.69) is 9.64 Å². The minimum absolute atomic E-state index is 0.279. The van der Waals surface area contributed by atoms with Gasteiger partial charge in [0.05, 0.1) is 12.7 Å². The van der Waals surface area contributed by atoms with E-state index in [0.29, 0.717) is 18.2 Å². The van der Waals surface area contributed by atoms with Gasteiger partial charge in [0.15, 0.2) is 0 Å². The van der Waals surface area contributed by atoms with Crippen molar-refractivity contribution in [2.75, 3.05) is 13.7 Å². The van der Waals surface area contributed by atoms with Gasteiger partial charge in [-0.15, -0.1) is 0 Å². The summed E-state index contributed by atoms with van der Waals surface area (Å²) >= 11 is 0. The standard InChI is InChI=1S/C14H16FNO2/c1-18-14(17)10-5-9-6-11-3-2-4-16(11)8-12(9)13(15)7-10/h5,7,11H,2-4,6,8H2,1H3/t11-/m1/s1. The van der Waals surface area contributed by atoms with Gasteiger partial charge in [-0.25, -0.2) is 9.18 Å². The van der Waals surface area contributed by atoms with E-state index in [1.807, 2.05) is 0 Å². The number of hydrogen-bond donors (Lipinski definition) is 0. The fourth-order valence-electron chi connectivity index (χ4n) is 3.08. The van der Waals surface area contributed by atoms with Crippen LogP contribution in [0.3, 0.4) is 0 Å². The second-order valence-corrected chi connectivity index (χ2v) is 5.06. The summed E-state index contributed by atoms with van der Waals surface area (Å²) in [6.07, 6.45) is 3.20. The molecule has 1 aromatic carbocycles. The SMILES string of the molecule is COC(=O)c1cc(F)c2c(c1)C[C@H]1CCCN1C2. The molecule has 1 saturated heterocycles. The lowest BCUT2D eigenvalue weighted by molar-refractivity contribution is 0.0599. The van der Waals surface area contributed by atoms with Gasteiger partial charge in [0.1, 0.15) is 5.82 Å². The van der Waals surface area contributed by atoms with E-state index >= 15 is 0 Å². The number of halogens is 1. The Bertz CT molecular complexity index is 501. The Morgan fingerprint density at radius 1 is 1.50 bits per heavy atom. The molecular formula is C14H16FNO2. The molecule has 0 spiro atoms. The number of ether oxygens (including phenoxy) is 1. The van der Waals surface area contributed by atoms with Gasteiger partial charge in [-0.05, 0) is 43.5 Å². The van der Waals surface area contributed by atoms with E-state index in [0.717, 1.165) is 24.1 Å². The zero-order valence-corrected chi connectivity index (χ0v) is 10.4. The smallest absolute Gasteiger partial charge is 0.337 e. The molecule has 0 N–H and O–H groups in total. The molecule has 0 bridgehead atoms. The third kappa shape index (κ3) is 1.81. The fraction of sp³-hybridized carbons (Fsp3) is 0.500. The first-order chi connectivity index (χ1) is 8.69. The van der Waals surface area contributed by atoms with Crippen LogP contribution in [0.5, 0.6) is 0 Å². The zero-order chi connectivity index (χ0) is 12.7. The number of carbonyl (C=O) groups excluding carboxylic acids is 1. The third-order valence-corrected chi connectivity index (χ3v) is 4.02. The summed E-state index contributed by atoms with van der Waals surface area (Å²) in [5.41, 5.74) is 2.04. The number of esters is 1. The van der Waals surface area contributed by atoms with Crippen LogP contribution in [-0.4, -0.2) is 30.6 Å². The second-order valence-electron chi connectivity index (χ2n) is 5.06. The largest absolute Gasteiger partial charge is 0.465 e. The maximum Gasteiger partial charge on any atom is 0.337 e. The fourth-order valence-corrected chi connectivity index (χ4v) is 3.08. The normalized spacial score (nSPS) is 22.4. The predicted octanol–water partition coefficient (Wildman–Crippen LogP) is 2.13. The molecule has 0 amide bonds. The molecule has 0 aromatic heterocycles. The summed E-state index contributed by atoms with van der Waals surface area (Å²) in [6.45, 7) is 1.73. The Balaban J connectivity index is 1.99. The molecule has 4 heteroatoms. The number of rotatable bonds is 1. The van der Waals surface area contributed by atoms with Gasteiger partial charge < -0.3 is 4.74 Å². The molecule has 1 atom stereocenters. The van der Waals surface area contributed by atoms with Crippen LogP contribution in [0.4, 0.5) is 4.39 Å². The highest BCUT2D eigenvalue weighted by Gasteiger charge is 2.31. The molecule has 1 aromatic rings. The maximum atomic E-state index is 14.1. The summed E-state index contributed by atoms with van der Waals surface area (Å²) in [7, 11) is 1.32. The molecular weight excluding hydrogens is 233 g/mol. The monoisotopic (exact) mass is 249 g/mol. The molecule has 0 aliphatic carbocycles. The molecule has 3 rings (SSSR count). The van der Waals surface area contributed by atoms with E-state index in [1.54, 1.807) is 6.07 Å². The minimum atomic E-state index is -0.467. The predicted molar refractivity (Wildman–Crippen MR) is 64.9 cm³/mol. The first-order valence-corrected chi connectivity index (χ1v) is 6.32. The Kier molecular flexibility index (Phi) is 2.82. The zero-order valence-electron chi connectivity index (χ0n) is 10.4. The third-order valence-electron chi connectivity index (χ3n) is 4.02. The summed E-state index contributed by atoms with van der Waals surface area (Å²) < 4.78 is 18.7. The van der Waals surface area contributed by atoms with Crippen LogP contribution in [0.1, 0.15) is 34.3 Å². The molecule has 0 saturated carbocycles. The molecule has 96 valence electrons. The molecule has 3 nitrogen and oxygen atoms in total. The van der Waals surface area contributed by atoms with Gasteiger partial charge in [-0.2, -0.15) is 0 Å². The number of fused-ring (bicyclic) bond motifs is 2. The topological polar surface area (TPSA) is 29.5 Å². The first-order valence-electron chi connectivity index (χ1n) is 6.32. The Morgan fingerprint density at radius 2 is 2.33 bits per heavy atom. The second kappa shape index (κ2) is 4.35. The lowest BCUT2D eigenvalue weighted by atomic mass is 9.92. The van der Waals surface area contributed by atoms with E-state index < -0.39 is 5.97 Å². The minimum Gasteiger partial charge on any atom is -0.465 e. The van der Waals surface area contributed by atoms with Crippen LogP contribution in [0.25, 0.3) is 0 Å². The highest BCUT2D eigenvalue weighted by molar-refractivity contribution is 5.89. The van der Waals surface area contributed by atoms with Crippen LogP contribution in [0.2, 0.25) is 0 Å². The summed E-state index contributed by atoms with van der Waals surface area (Å²) in [5.74, 6) is -0.746. The van der Waals surface area contributed by atoms with Crippen molar-refractivity contribution in [3.05, 3.63) is 34.6 Å². The van der Waals surface area contributed by atoms with Crippen molar-refractivity contribution < 1.29 is 13.9 Å². The molecule has 2 aliphatic rings. The van der Waals surface area contributed by atoms with Gasteiger partial charge >= 0.3 is 5.97 Å². The van der Waals surface area contributed by atoms with Crippen LogP contribution in [-0.2, 0) is 17.7 Å². The Hall–Kier alpha value is -1.42. The average Bonchev–Trinajstić information content (AvgIpc) is 2.82. The van der Waals surface area contributed by atoms with Gasteiger partial charge in [-0.1, -0.05) is 0 Å². The van der Waals surface area contributed by atoms with Crippen molar-refractivity contribution in [3.63, 3.8) is 0 Å². The van der Waals surface area contributed by atoms with E-state index in [1.165, 1.54) is 26.0 Å². The molecule has 0 unspecified atom stereocenters. The highest BCUT2D eigenvalue weighted by Crippen LogP contribution is 2.32. The van der Waals surface area contributed by atoms with Crippen LogP contribution >= 0.6 is 0 Å². The van der Waals surface area contributed by atoms with Crippen molar-refractivity contribution in [3.8, 4) is 0 Å². The maximum absolute atomic E-state index is 14.1. The van der Waals surface area contributed by atoms with Crippen LogP contribution in [0.15, 0.2) is 12.1 Å². The summed E-state index contributed by atoms with van der Waals surface area (Å²) in [5, 5.41) is 0. The quantitative estimate of drug-likeness (QED) is 0.714. The van der Waals surface area contributed by atoms with Crippen molar-refractivity contribution in [2.45, 2.75) is 31.8 Å². The number of nitrogens with zero attached hydrogens (tertiary/aromatic N) is 1. The number of hydrogen-bond acceptors (Lipinski definition) is 3. The molecule has 1 fully saturated rings. The molecule has 2 heterocycles. The van der Waals surface area contributed by atoms with E-state index in [4.69, 9.17) is 0 Å². The van der Waals surface area contributed by atoms with Gasteiger partial charge in [0.25, 0.3) is 0 Å². The molecule has 18 heavy (non-hydrogen) atoms. The Labute approximate surface area is 106 Å². The van der Waals surface area contributed by atoms with Gasteiger partial charge in [0, 0.05) is 18.2 Å². The number of methoxy groups -OCH3 is 1. The molecule has 2 aliphatic heterocycles. The molecule has 0 radical (unpaired) electrons. The first kappa shape index (κ1) is 11.7. The summed E-state index contributed by atoms with van der Waals surface area (Å²) in [6, 6.07) is 3.60. The number of carbonyl (C=O) groups is 1. The van der Waals surface area contributed by atoms with Crippen molar-refractivity contribution >= 4 is 5.97 Å². The van der Waals surface area contributed by atoms with Crippen molar-refractivity contribution in [2.24, 2.45) is 0 Å². The van der Waals surface area contributed by atoms with Crippen LogP contribution in [0, 0.1) is 5.82 Å². The number of benzene rings is 1. The van der Waals surface area contributed by atoms with E-state index in [9.17, 15) is 9.18 Å². The van der Waals surface area contributed by atoms with Crippen molar-refractivity contribution in [1.82, 2.24) is 4.90 Å². The van der Waals surface area contributed by atoms with Crippen molar-refractivity contribution in [1.29, 1.82) is 0 Å². The van der Waals surface area contributed by atoms with E-state index in [-0.39, 0.29) is 5.82 Å². The van der Waals surface area contributed by atoms with Crippen LogP contribution < -0.4 is 0 Å². The summed E-state index contributed by atoms with van der Waals surface area (Å²) in [4.78, 5) is 13.8. The Morgan fingerprint density at radius 3 is 3.11 bits per heavy atom. The highest BCUT2D eigenvalue weighted by atomic mass is 19.1. The lowest BCUT2D eigenvalue weighted by Crippen LogP contribution is -2.36.